The number of halogens is 1. The van der Waals surface area contributed by atoms with Crippen molar-refractivity contribution in [3.63, 3.8) is 0 Å². The van der Waals surface area contributed by atoms with Gasteiger partial charge < -0.3 is 9.80 Å². The van der Waals surface area contributed by atoms with E-state index in [1.165, 1.54) is 17.7 Å². The van der Waals surface area contributed by atoms with Crippen LogP contribution in [0.25, 0.3) is 0 Å². The van der Waals surface area contributed by atoms with Crippen molar-refractivity contribution >= 4 is 17.5 Å². The third-order valence-electron chi connectivity index (χ3n) is 6.60. The highest BCUT2D eigenvalue weighted by atomic mass is 19.1. The fourth-order valence-electron chi connectivity index (χ4n) is 4.62. The molecule has 0 radical (unpaired) electrons. The standard InChI is InChI=1S/C25H29FN2O2/c1-17-6-11-23(13-18(17)2)28-16-21(14-24(28)29)25(30)27-12-4-3-5-20(15-27)19-7-9-22(26)10-8-19/h6-11,13,20-21H,3-5,12,14-16H2,1-2H3/t20-,21-/m1/s1. The van der Waals surface area contributed by atoms with Crippen LogP contribution in [-0.4, -0.2) is 36.3 Å². The number of carbonyl (C=O) groups excluding carboxylic acids is 2. The van der Waals surface area contributed by atoms with Gasteiger partial charge in [-0.05, 0) is 67.6 Å². The van der Waals surface area contributed by atoms with E-state index < -0.39 is 0 Å². The first kappa shape index (κ1) is 20.6. The molecule has 0 spiro atoms. The largest absolute Gasteiger partial charge is 0.342 e. The summed E-state index contributed by atoms with van der Waals surface area (Å²) in [6, 6.07) is 12.6. The van der Waals surface area contributed by atoms with Crippen molar-refractivity contribution in [2.24, 2.45) is 5.92 Å². The van der Waals surface area contributed by atoms with Gasteiger partial charge in [0.1, 0.15) is 5.82 Å². The Morgan fingerprint density at radius 3 is 2.50 bits per heavy atom. The molecule has 2 aromatic rings. The number of likely N-dealkylation sites (tertiary alicyclic amines) is 1. The normalized spacial score (nSPS) is 22.3. The number of benzene rings is 2. The van der Waals surface area contributed by atoms with E-state index in [1.54, 1.807) is 4.90 Å². The van der Waals surface area contributed by atoms with Gasteiger partial charge in [-0.15, -0.1) is 0 Å². The number of amides is 2. The van der Waals surface area contributed by atoms with Crippen LogP contribution in [0.4, 0.5) is 10.1 Å². The summed E-state index contributed by atoms with van der Waals surface area (Å²) in [7, 11) is 0. The highest BCUT2D eigenvalue weighted by molar-refractivity contribution is 6.00. The van der Waals surface area contributed by atoms with E-state index in [0.717, 1.165) is 42.6 Å². The van der Waals surface area contributed by atoms with Crippen molar-refractivity contribution in [2.75, 3.05) is 24.5 Å². The Labute approximate surface area is 177 Å². The molecule has 30 heavy (non-hydrogen) atoms. The Balaban J connectivity index is 1.47. The predicted molar refractivity (Wildman–Crippen MR) is 116 cm³/mol. The van der Waals surface area contributed by atoms with E-state index >= 15 is 0 Å². The Morgan fingerprint density at radius 1 is 1.00 bits per heavy atom. The third kappa shape index (κ3) is 4.25. The van der Waals surface area contributed by atoms with Crippen LogP contribution in [0.1, 0.15) is 48.3 Å². The van der Waals surface area contributed by atoms with Crippen LogP contribution in [0, 0.1) is 25.6 Å². The second-order valence-electron chi connectivity index (χ2n) is 8.70. The zero-order valence-corrected chi connectivity index (χ0v) is 17.7. The van der Waals surface area contributed by atoms with E-state index in [1.807, 2.05) is 49.1 Å². The quantitative estimate of drug-likeness (QED) is 0.745. The summed E-state index contributed by atoms with van der Waals surface area (Å²) in [5.41, 5.74) is 4.29. The second kappa shape index (κ2) is 8.58. The molecule has 0 bridgehead atoms. The molecule has 0 N–H and O–H groups in total. The van der Waals surface area contributed by atoms with Gasteiger partial charge in [0.2, 0.25) is 11.8 Å². The fraction of sp³-hybridized carbons (Fsp3) is 0.440. The minimum absolute atomic E-state index is 0.0153. The van der Waals surface area contributed by atoms with Gasteiger partial charge in [0.05, 0.1) is 5.92 Å². The highest BCUT2D eigenvalue weighted by Gasteiger charge is 2.38. The van der Waals surface area contributed by atoms with Gasteiger partial charge in [-0.1, -0.05) is 24.6 Å². The minimum atomic E-state index is -0.300. The monoisotopic (exact) mass is 408 g/mol. The number of nitrogens with zero attached hydrogens (tertiary/aromatic N) is 2. The van der Waals surface area contributed by atoms with Crippen molar-refractivity contribution < 1.29 is 14.0 Å². The Hall–Kier alpha value is -2.69. The maximum absolute atomic E-state index is 13.3. The molecule has 0 unspecified atom stereocenters. The minimum Gasteiger partial charge on any atom is -0.342 e. The smallest absolute Gasteiger partial charge is 0.228 e. The molecule has 158 valence electrons. The average Bonchev–Trinajstić information content (AvgIpc) is 2.96. The number of carbonyl (C=O) groups is 2. The van der Waals surface area contributed by atoms with Crippen LogP contribution in [-0.2, 0) is 9.59 Å². The molecule has 4 nitrogen and oxygen atoms in total. The molecule has 0 saturated carbocycles. The predicted octanol–water partition coefficient (Wildman–Crippen LogP) is 4.59. The van der Waals surface area contributed by atoms with Crippen LogP contribution in [0.5, 0.6) is 0 Å². The van der Waals surface area contributed by atoms with Crippen LogP contribution < -0.4 is 4.90 Å². The van der Waals surface area contributed by atoms with Gasteiger partial charge >= 0.3 is 0 Å². The number of hydrogen-bond donors (Lipinski definition) is 0. The fourth-order valence-corrected chi connectivity index (χ4v) is 4.62. The molecule has 4 rings (SSSR count). The van der Waals surface area contributed by atoms with Crippen LogP contribution in [0.3, 0.4) is 0 Å². The SMILES string of the molecule is Cc1ccc(N2C[C@H](C(=O)N3CCCC[C@@H](c4ccc(F)cc4)C3)CC2=O)cc1C. The molecule has 2 amide bonds. The van der Waals surface area contributed by atoms with Crippen molar-refractivity contribution in [1.29, 1.82) is 0 Å². The van der Waals surface area contributed by atoms with Gasteiger partial charge in [-0.3, -0.25) is 9.59 Å². The molecule has 2 saturated heterocycles. The van der Waals surface area contributed by atoms with E-state index in [-0.39, 0.29) is 35.9 Å². The molecule has 2 aromatic carbocycles. The molecule has 0 aromatic heterocycles. The number of hydrogen-bond acceptors (Lipinski definition) is 2. The average molecular weight is 409 g/mol. The molecule has 2 aliphatic heterocycles. The Morgan fingerprint density at radius 2 is 1.77 bits per heavy atom. The molecule has 2 heterocycles. The van der Waals surface area contributed by atoms with Gasteiger partial charge in [0, 0.05) is 37.7 Å². The van der Waals surface area contributed by atoms with Gasteiger partial charge in [-0.25, -0.2) is 4.39 Å². The molecule has 2 fully saturated rings. The zero-order chi connectivity index (χ0) is 21.3. The summed E-state index contributed by atoms with van der Waals surface area (Å²) in [6.45, 7) is 5.89. The van der Waals surface area contributed by atoms with Crippen molar-refractivity contribution in [3.05, 3.63) is 65.0 Å². The Bertz CT molecular complexity index is 941. The van der Waals surface area contributed by atoms with Gasteiger partial charge in [0.15, 0.2) is 0 Å². The number of aryl methyl sites for hydroxylation is 2. The molecular weight excluding hydrogens is 379 g/mol. The molecular formula is C25H29FN2O2. The van der Waals surface area contributed by atoms with E-state index in [9.17, 15) is 14.0 Å². The van der Waals surface area contributed by atoms with Gasteiger partial charge in [-0.2, -0.15) is 0 Å². The van der Waals surface area contributed by atoms with Crippen LogP contribution in [0.15, 0.2) is 42.5 Å². The topological polar surface area (TPSA) is 40.6 Å². The summed E-state index contributed by atoms with van der Waals surface area (Å²) in [5.74, 6) is -0.238. The second-order valence-corrected chi connectivity index (χ2v) is 8.70. The lowest BCUT2D eigenvalue weighted by Crippen LogP contribution is -2.39. The van der Waals surface area contributed by atoms with Crippen molar-refractivity contribution in [3.8, 4) is 0 Å². The van der Waals surface area contributed by atoms with Crippen molar-refractivity contribution in [1.82, 2.24) is 4.90 Å². The first-order valence-corrected chi connectivity index (χ1v) is 10.8. The first-order chi connectivity index (χ1) is 14.4. The molecule has 5 heteroatoms. The van der Waals surface area contributed by atoms with E-state index in [0.29, 0.717) is 13.1 Å². The van der Waals surface area contributed by atoms with E-state index in [2.05, 4.69) is 0 Å². The zero-order valence-electron chi connectivity index (χ0n) is 17.7. The van der Waals surface area contributed by atoms with Crippen molar-refractivity contribution in [2.45, 2.75) is 45.4 Å². The van der Waals surface area contributed by atoms with Crippen LogP contribution >= 0.6 is 0 Å². The lowest BCUT2D eigenvalue weighted by molar-refractivity contribution is -0.135. The van der Waals surface area contributed by atoms with E-state index in [4.69, 9.17) is 0 Å². The maximum Gasteiger partial charge on any atom is 0.228 e. The van der Waals surface area contributed by atoms with Gasteiger partial charge in [0.25, 0.3) is 0 Å². The summed E-state index contributed by atoms with van der Waals surface area (Å²) in [4.78, 5) is 29.7. The Kier molecular flexibility index (Phi) is 5.89. The molecule has 2 atom stereocenters. The number of rotatable bonds is 3. The summed E-state index contributed by atoms with van der Waals surface area (Å²) < 4.78 is 13.3. The summed E-state index contributed by atoms with van der Waals surface area (Å²) >= 11 is 0. The summed E-state index contributed by atoms with van der Waals surface area (Å²) in [6.07, 6.45) is 3.27. The highest BCUT2D eigenvalue weighted by Crippen LogP contribution is 2.31. The maximum atomic E-state index is 13.3. The first-order valence-electron chi connectivity index (χ1n) is 10.8. The molecule has 2 aliphatic rings. The molecule has 0 aliphatic carbocycles. The van der Waals surface area contributed by atoms with Crippen LogP contribution in [0.2, 0.25) is 0 Å². The lowest BCUT2D eigenvalue weighted by atomic mass is 9.94. The summed E-state index contributed by atoms with van der Waals surface area (Å²) in [5, 5.41) is 0. The third-order valence-corrected chi connectivity index (χ3v) is 6.60. The number of anilines is 1. The lowest BCUT2D eigenvalue weighted by Gasteiger charge is -2.27.